The van der Waals surface area contributed by atoms with Crippen LogP contribution >= 0.6 is 0 Å². The van der Waals surface area contributed by atoms with Crippen molar-refractivity contribution in [1.29, 1.82) is 0 Å². The molecule has 0 bridgehead atoms. The van der Waals surface area contributed by atoms with Crippen molar-refractivity contribution >= 4 is 17.9 Å². The summed E-state index contributed by atoms with van der Waals surface area (Å²) in [6, 6.07) is 0. The lowest BCUT2D eigenvalue weighted by molar-refractivity contribution is -0.167. The van der Waals surface area contributed by atoms with Gasteiger partial charge in [0.25, 0.3) is 0 Å². The maximum Gasteiger partial charge on any atom is 0.306 e. The Kier molecular flexibility index (Phi) is 64.7. The highest BCUT2D eigenvalue weighted by molar-refractivity contribution is 5.71. The fourth-order valence-corrected chi connectivity index (χ4v) is 10.1. The summed E-state index contributed by atoms with van der Waals surface area (Å²) in [7, 11) is 0. The molecule has 0 rings (SSSR count). The number of unbranched alkanes of at least 4 members (excludes halogenated alkanes) is 40. The first-order valence-corrected chi connectivity index (χ1v) is 34.4. The fraction of sp³-hybridized carbons (Fsp3) is 0.795. The Morgan fingerprint density at radius 3 is 0.772 bits per heavy atom. The fourth-order valence-electron chi connectivity index (χ4n) is 10.1. The highest BCUT2D eigenvalue weighted by Gasteiger charge is 2.19. The molecule has 1 unspecified atom stereocenters. The summed E-state index contributed by atoms with van der Waals surface area (Å²) in [5, 5.41) is 0. The molecule has 0 aromatic carbocycles. The van der Waals surface area contributed by atoms with E-state index in [0.717, 1.165) is 109 Å². The zero-order valence-corrected chi connectivity index (χ0v) is 52.6. The number of ether oxygens (including phenoxy) is 3. The first-order valence-electron chi connectivity index (χ1n) is 34.4. The van der Waals surface area contributed by atoms with Crippen LogP contribution < -0.4 is 0 Å². The maximum atomic E-state index is 13.0. The maximum absolute atomic E-state index is 13.0. The highest BCUT2D eigenvalue weighted by Crippen LogP contribution is 2.18. The molecule has 0 fully saturated rings. The molecule has 0 aromatic heterocycles. The Labute approximate surface area is 491 Å². The van der Waals surface area contributed by atoms with Gasteiger partial charge in [-0.05, 0) is 70.6 Å². The molecule has 0 amide bonds. The number of rotatable bonds is 63. The molecule has 1 atom stereocenters. The first-order chi connectivity index (χ1) is 39.0. The zero-order valence-electron chi connectivity index (χ0n) is 52.6. The lowest BCUT2D eigenvalue weighted by Gasteiger charge is -2.18. The van der Waals surface area contributed by atoms with E-state index in [2.05, 4.69) is 93.7 Å². The minimum absolute atomic E-state index is 0.0787. The van der Waals surface area contributed by atoms with E-state index in [9.17, 15) is 14.4 Å². The molecule has 6 nitrogen and oxygen atoms in total. The topological polar surface area (TPSA) is 78.9 Å². The van der Waals surface area contributed by atoms with Crippen molar-refractivity contribution in [3.8, 4) is 0 Å². The van der Waals surface area contributed by atoms with Crippen LogP contribution in [0.3, 0.4) is 0 Å². The molecule has 0 aliphatic heterocycles. The molecular formula is C73H130O6. The predicted molar refractivity (Wildman–Crippen MR) is 344 cm³/mol. The number of carbonyl (C=O) groups is 3. The minimum Gasteiger partial charge on any atom is -0.462 e. The van der Waals surface area contributed by atoms with E-state index in [-0.39, 0.29) is 31.1 Å². The van der Waals surface area contributed by atoms with Crippen LogP contribution in [0.25, 0.3) is 0 Å². The van der Waals surface area contributed by atoms with Gasteiger partial charge in [-0.3, -0.25) is 14.4 Å². The predicted octanol–water partition coefficient (Wildman–Crippen LogP) is 23.7. The van der Waals surface area contributed by atoms with E-state index < -0.39 is 6.10 Å². The lowest BCUT2D eigenvalue weighted by atomic mass is 10.0. The van der Waals surface area contributed by atoms with Crippen molar-refractivity contribution in [2.24, 2.45) is 0 Å². The lowest BCUT2D eigenvalue weighted by Crippen LogP contribution is -2.30. The molecule has 0 saturated carbocycles. The Morgan fingerprint density at radius 2 is 0.494 bits per heavy atom. The molecular weight excluding hydrogens is 973 g/mol. The van der Waals surface area contributed by atoms with Gasteiger partial charge in [0.1, 0.15) is 13.2 Å². The van der Waals surface area contributed by atoms with Crippen molar-refractivity contribution in [2.45, 2.75) is 361 Å². The van der Waals surface area contributed by atoms with Crippen LogP contribution in [-0.2, 0) is 28.6 Å². The monoisotopic (exact) mass is 1100 g/mol. The van der Waals surface area contributed by atoms with Crippen LogP contribution in [0, 0.1) is 0 Å². The van der Waals surface area contributed by atoms with Crippen molar-refractivity contribution < 1.29 is 28.6 Å². The first kappa shape index (κ1) is 75.8. The largest absolute Gasteiger partial charge is 0.462 e. The second kappa shape index (κ2) is 67.4. The number of esters is 3. The molecule has 0 heterocycles. The standard InChI is InChI=1S/C73H130O6/c1-4-7-10-13-16-19-22-25-28-31-33-35-37-39-40-42-45-48-51-54-57-60-63-66-72(75)78-69-70(68-77-71(74)65-62-59-56-53-50-47-44-30-27-24-21-18-15-12-9-6-3)79-73(76)67-64-61-58-55-52-49-46-43-41-38-36-34-32-29-26-23-20-17-14-11-8-5-2/h7,10,16,19,25,28,33,35,39-40,45,48,70H,4-6,8-9,11-15,17-18,20-24,26-27,29-32,34,36-38,41-44,46-47,49-69H2,1-3H3/b10-7-,19-16-,28-25-,35-33-,40-39-,48-45-. The molecule has 6 heteroatoms. The molecule has 0 N–H and O–H groups in total. The normalized spacial score (nSPS) is 12.5. The Morgan fingerprint density at radius 1 is 0.266 bits per heavy atom. The van der Waals surface area contributed by atoms with Gasteiger partial charge in [0.05, 0.1) is 0 Å². The minimum atomic E-state index is -0.785. The average Bonchev–Trinajstić information content (AvgIpc) is 3.45. The smallest absolute Gasteiger partial charge is 0.306 e. The number of allylic oxidation sites excluding steroid dienone is 12. The van der Waals surface area contributed by atoms with Crippen LogP contribution in [0.2, 0.25) is 0 Å². The van der Waals surface area contributed by atoms with E-state index >= 15 is 0 Å². The quantitative estimate of drug-likeness (QED) is 0.0261. The molecule has 79 heavy (non-hydrogen) atoms. The van der Waals surface area contributed by atoms with E-state index in [1.165, 1.54) is 205 Å². The summed E-state index contributed by atoms with van der Waals surface area (Å²) in [5.74, 6) is -0.881. The van der Waals surface area contributed by atoms with Gasteiger partial charge in [-0.2, -0.15) is 0 Å². The van der Waals surface area contributed by atoms with Gasteiger partial charge in [-0.25, -0.2) is 0 Å². The van der Waals surface area contributed by atoms with Gasteiger partial charge in [-0.1, -0.05) is 338 Å². The summed E-state index contributed by atoms with van der Waals surface area (Å²) in [6.45, 7) is 6.57. The zero-order chi connectivity index (χ0) is 57.1. The van der Waals surface area contributed by atoms with Crippen molar-refractivity contribution in [3.63, 3.8) is 0 Å². The summed E-state index contributed by atoms with van der Waals surface area (Å²) in [4.78, 5) is 38.4. The van der Waals surface area contributed by atoms with Gasteiger partial charge in [0.2, 0.25) is 0 Å². The Balaban J connectivity index is 4.37. The third-order valence-electron chi connectivity index (χ3n) is 15.2. The second-order valence-corrected chi connectivity index (χ2v) is 23.1. The van der Waals surface area contributed by atoms with Crippen molar-refractivity contribution in [2.75, 3.05) is 13.2 Å². The molecule has 0 aromatic rings. The van der Waals surface area contributed by atoms with Crippen molar-refractivity contribution in [1.82, 2.24) is 0 Å². The third-order valence-corrected chi connectivity index (χ3v) is 15.2. The number of hydrogen-bond donors (Lipinski definition) is 0. The van der Waals surface area contributed by atoms with Gasteiger partial charge in [0, 0.05) is 19.3 Å². The van der Waals surface area contributed by atoms with Crippen molar-refractivity contribution in [3.05, 3.63) is 72.9 Å². The van der Waals surface area contributed by atoms with Gasteiger partial charge >= 0.3 is 17.9 Å². The van der Waals surface area contributed by atoms with Gasteiger partial charge < -0.3 is 14.2 Å². The van der Waals surface area contributed by atoms with Crippen LogP contribution in [0.5, 0.6) is 0 Å². The summed E-state index contributed by atoms with van der Waals surface area (Å²) in [5.41, 5.74) is 0. The molecule has 458 valence electrons. The third kappa shape index (κ3) is 65.5. The molecule has 0 radical (unpaired) electrons. The SMILES string of the molecule is CC/C=C\C/C=C\C/C=C\C/C=C\C/C=C\C/C=C\CCCCCCC(=O)OCC(COC(=O)CCCCCCCCCCCCCCCCCC)OC(=O)CCCCCCCCCCCCCCCCCCCCCCCC. The summed E-state index contributed by atoms with van der Waals surface area (Å²) < 4.78 is 17.0. The molecule has 0 saturated heterocycles. The van der Waals surface area contributed by atoms with E-state index in [0.29, 0.717) is 19.3 Å². The number of carbonyl (C=O) groups excluding carboxylic acids is 3. The van der Waals surface area contributed by atoms with Crippen LogP contribution in [0.15, 0.2) is 72.9 Å². The Hall–Kier alpha value is -3.15. The van der Waals surface area contributed by atoms with Crippen LogP contribution in [-0.4, -0.2) is 37.2 Å². The van der Waals surface area contributed by atoms with Crippen LogP contribution in [0.1, 0.15) is 355 Å². The van der Waals surface area contributed by atoms with Crippen LogP contribution in [0.4, 0.5) is 0 Å². The van der Waals surface area contributed by atoms with E-state index in [1.807, 2.05) is 0 Å². The second-order valence-electron chi connectivity index (χ2n) is 23.1. The Bertz CT molecular complexity index is 1450. The van der Waals surface area contributed by atoms with E-state index in [4.69, 9.17) is 14.2 Å². The molecule has 0 spiro atoms. The average molecular weight is 1100 g/mol. The molecule has 0 aliphatic rings. The van der Waals surface area contributed by atoms with Gasteiger partial charge in [-0.15, -0.1) is 0 Å². The summed E-state index contributed by atoms with van der Waals surface area (Å²) in [6.07, 6.45) is 87.7. The molecule has 0 aliphatic carbocycles. The summed E-state index contributed by atoms with van der Waals surface area (Å²) >= 11 is 0. The van der Waals surface area contributed by atoms with E-state index in [1.54, 1.807) is 0 Å². The number of hydrogen-bond acceptors (Lipinski definition) is 6. The highest BCUT2D eigenvalue weighted by atomic mass is 16.6. The van der Waals surface area contributed by atoms with Gasteiger partial charge in [0.15, 0.2) is 6.10 Å².